The third-order valence-corrected chi connectivity index (χ3v) is 6.14. The molecule has 0 atom stereocenters. The molecule has 7 heteroatoms. The predicted molar refractivity (Wildman–Crippen MR) is 91.7 cm³/mol. The number of aryl methyl sites for hydroxylation is 1. The fourth-order valence-electron chi connectivity index (χ4n) is 3.69. The number of carbonyl (C=O) groups is 1. The lowest BCUT2D eigenvalue weighted by molar-refractivity contribution is -0.133. The van der Waals surface area contributed by atoms with Crippen molar-refractivity contribution in [3.63, 3.8) is 0 Å². The lowest BCUT2D eigenvalue weighted by Crippen LogP contribution is -2.44. The molecule has 4 heterocycles. The van der Waals surface area contributed by atoms with Crippen molar-refractivity contribution in [2.45, 2.75) is 32.1 Å². The van der Waals surface area contributed by atoms with Crippen molar-refractivity contribution >= 4 is 17.2 Å². The highest BCUT2D eigenvalue weighted by Gasteiger charge is 2.37. The molecular formula is C17H22N4O2S. The van der Waals surface area contributed by atoms with Gasteiger partial charge in [-0.05, 0) is 42.7 Å². The molecule has 0 radical (unpaired) electrons. The molecule has 2 aromatic heterocycles. The van der Waals surface area contributed by atoms with Crippen molar-refractivity contribution in [1.82, 2.24) is 20.4 Å². The summed E-state index contributed by atoms with van der Waals surface area (Å²) in [6.07, 6.45) is 4.45. The minimum Gasteiger partial charge on any atom is -0.343 e. The zero-order valence-electron chi connectivity index (χ0n) is 13.7. The van der Waals surface area contributed by atoms with Gasteiger partial charge >= 0.3 is 0 Å². The molecule has 24 heavy (non-hydrogen) atoms. The van der Waals surface area contributed by atoms with Crippen LogP contribution in [0.15, 0.2) is 22.0 Å². The van der Waals surface area contributed by atoms with Crippen LogP contribution in [0.5, 0.6) is 0 Å². The number of piperidine rings is 1. The van der Waals surface area contributed by atoms with E-state index in [9.17, 15) is 4.79 Å². The summed E-state index contributed by atoms with van der Waals surface area (Å²) in [5, 5.41) is 9.43. The number of likely N-dealkylation sites (tertiary alicyclic amines) is 1. The van der Waals surface area contributed by atoms with Crippen LogP contribution in [0.1, 0.15) is 31.6 Å². The van der Waals surface area contributed by atoms with Crippen LogP contribution < -0.4 is 5.32 Å². The van der Waals surface area contributed by atoms with E-state index in [1.54, 1.807) is 11.3 Å². The van der Waals surface area contributed by atoms with Gasteiger partial charge in [0.05, 0.1) is 4.88 Å². The van der Waals surface area contributed by atoms with Gasteiger partial charge in [0.2, 0.25) is 17.6 Å². The maximum absolute atomic E-state index is 12.4. The zero-order chi connectivity index (χ0) is 16.4. The van der Waals surface area contributed by atoms with Gasteiger partial charge in [-0.3, -0.25) is 4.79 Å². The molecule has 0 saturated carbocycles. The molecule has 0 unspecified atom stereocenters. The van der Waals surface area contributed by atoms with E-state index in [2.05, 4.69) is 15.5 Å². The van der Waals surface area contributed by atoms with E-state index in [1.807, 2.05) is 22.4 Å². The van der Waals surface area contributed by atoms with Crippen molar-refractivity contribution in [2.75, 3.05) is 26.2 Å². The lowest BCUT2D eigenvalue weighted by Gasteiger charge is -2.38. The molecule has 0 bridgehead atoms. The van der Waals surface area contributed by atoms with Crippen molar-refractivity contribution < 1.29 is 9.32 Å². The topological polar surface area (TPSA) is 71.3 Å². The summed E-state index contributed by atoms with van der Waals surface area (Å²) in [5.74, 6) is 1.35. The maximum atomic E-state index is 12.4. The molecule has 2 fully saturated rings. The summed E-state index contributed by atoms with van der Waals surface area (Å²) in [5.41, 5.74) is 0.443. The minimum absolute atomic E-state index is 0.201. The maximum Gasteiger partial charge on any atom is 0.227 e. The quantitative estimate of drug-likeness (QED) is 0.920. The largest absolute Gasteiger partial charge is 0.343 e. The summed E-state index contributed by atoms with van der Waals surface area (Å²) in [7, 11) is 0. The average molecular weight is 346 g/mol. The molecule has 2 aromatic rings. The number of nitrogens with zero attached hydrogens (tertiary/aromatic N) is 3. The Bertz CT molecular complexity index is 681. The highest BCUT2D eigenvalue weighted by atomic mass is 32.1. The molecule has 0 aliphatic carbocycles. The van der Waals surface area contributed by atoms with E-state index in [0.717, 1.165) is 43.9 Å². The number of carbonyl (C=O) groups excluding carboxylic acids is 1. The molecule has 2 saturated heterocycles. The number of rotatable bonds is 4. The summed E-state index contributed by atoms with van der Waals surface area (Å²) in [6.45, 7) is 4.00. The molecule has 2 aliphatic rings. The number of thiophene rings is 1. The van der Waals surface area contributed by atoms with Gasteiger partial charge in [-0.25, -0.2) is 0 Å². The average Bonchev–Trinajstić information content (AvgIpc) is 3.35. The molecule has 6 nitrogen and oxygen atoms in total. The third-order valence-electron chi connectivity index (χ3n) is 5.27. The number of aromatic nitrogens is 2. The van der Waals surface area contributed by atoms with E-state index in [1.165, 1.54) is 6.42 Å². The number of hydrogen-bond donors (Lipinski definition) is 1. The van der Waals surface area contributed by atoms with Gasteiger partial charge in [0.1, 0.15) is 0 Å². The van der Waals surface area contributed by atoms with Crippen molar-refractivity contribution in [2.24, 2.45) is 5.41 Å². The number of amides is 1. The van der Waals surface area contributed by atoms with Gasteiger partial charge < -0.3 is 14.7 Å². The summed E-state index contributed by atoms with van der Waals surface area (Å²) >= 11 is 1.58. The predicted octanol–water partition coefficient (Wildman–Crippen LogP) is 2.33. The Morgan fingerprint density at radius 1 is 1.38 bits per heavy atom. The minimum atomic E-state index is 0.201. The molecule has 2 aliphatic heterocycles. The van der Waals surface area contributed by atoms with Gasteiger partial charge in [0.25, 0.3) is 0 Å². The lowest BCUT2D eigenvalue weighted by atomic mass is 9.78. The van der Waals surface area contributed by atoms with Crippen molar-refractivity contribution in [3.05, 3.63) is 23.4 Å². The molecular weight excluding hydrogens is 324 g/mol. The van der Waals surface area contributed by atoms with Gasteiger partial charge in [0.15, 0.2) is 0 Å². The molecule has 0 aromatic carbocycles. The summed E-state index contributed by atoms with van der Waals surface area (Å²) in [4.78, 5) is 19.8. The highest BCUT2D eigenvalue weighted by molar-refractivity contribution is 7.13. The van der Waals surface area contributed by atoms with E-state index in [-0.39, 0.29) is 5.91 Å². The Kier molecular flexibility index (Phi) is 4.37. The van der Waals surface area contributed by atoms with Crippen molar-refractivity contribution in [1.29, 1.82) is 0 Å². The second-order valence-electron chi connectivity index (χ2n) is 6.80. The van der Waals surface area contributed by atoms with Gasteiger partial charge in [-0.15, -0.1) is 11.3 Å². The van der Waals surface area contributed by atoms with Crippen molar-refractivity contribution in [3.8, 4) is 10.7 Å². The Morgan fingerprint density at radius 3 is 2.96 bits per heavy atom. The first-order valence-electron chi connectivity index (χ1n) is 8.59. The second-order valence-corrected chi connectivity index (χ2v) is 7.74. The SMILES string of the molecule is O=C(CCc1nc(-c2cccs2)no1)N1CCC2(CCNC2)CC1. The van der Waals surface area contributed by atoms with Crippen LogP contribution in [0.25, 0.3) is 10.7 Å². The van der Waals surface area contributed by atoms with Gasteiger partial charge in [-0.2, -0.15) is 4.98 Å². The standard InChI is InChI=1S/C17H22N4O2S/c22-15(21-9-6-17(7-10-21)5-8-18-12-17)4-3-14-19-16(20-23-14)13-2-1-11-24-13/h1-2,11,18H,3-10,12H2. The van der Waals surface area contributed by atoms with E-state index in [4.69, 9.17) is 4.52 Å². The van der Waals surface area contributed by atoms with E-state index >= 15 is 0 Å². The third kappa shape index (κ3) is 3.23. The first-order valence-corrected chi connectivity index (χ1v) is 9.47. The Balaban J connectivity index is 1.28. The second kappa shape index (κ2) is 6.64. The van der Waals surface area contributed by atoms with Gasteiger partial charge in [-0.1, -0.05) is 11.2 Å². The van der Waals surface area contributed by atoms with Crippen LogP contribution in [-0.4, -0.2) is 47.1 Å². The summed E-state index contributed by atoms with van der Waals surface area (Å²) < 4.78 is 5.27. The summed E-state index contributed by atoms with van der Waals surface area (Å²) in [6, 6.07) is 3.93. The smallest absolute Gasteiger partial charge is 0.227 e. The Hall–Kier alpha value is -1.73. The van der Waals surface area contributed by atoms with Gasteiger partial charge in [0, 0.05) is 32.5 Å². The number of hydrogen-bond acceptors (Lipinski definition) is 6. The fourth-order valence-corrected chi connectivity index (χ4v) is 4.34. The Labute approximate surface area is 145 Å². The van der Waals surface area contributed by atoms with Crippen LogP contribution in [0.3, 0.4) is 0 Å². The highest BCUT2D eigenvalue weighted by Crippen LogP contribution is 2.37. The number of nitrogens with one attached hydrogen (secondary N) is 1. The first kappa shape index (κ1) is 15.8. The van der Waals surface area contributed by atoms with Crippen LogP contribution in [0.4, 0.5) is 0 Å². The van der Waals surface area contributed by atoms with Crippen LogP contribution in [0.2, 0.25) is 0 Å². The molecule has 1 N–H and O–H groups in total. The molecule has 128 valence electrons. The zero-order valence-corrected chi connectivity index (χ0v) is 14.5. The molecule has 1 amide bonds. The Morgan fingerprint density at radius 2 is 2.25 bits per heavy atom. The van der Waals surface area contributed by atoms with Crippen LogP contribution >= 0.6 is 11.3 Å². The molecule has 1 spiro atoms. The van der Waals surface area contributed by atoms with Crippen LogP contribution in [-0.2, 0) is 11.2 Å². The monoisotopic (exact) mass is 346 g/mol. The normalized spacial score (nSPS) is 19.9. The van der Waals surface area contributed by atoms with E-state index in [0.29, 0.717) is 30.0 Å². The molecule has 4 rings (SSSR count). The fraction of sp³-hybridized carbons (Fsp3) is 0.588. The first-order chi connectivity index (χ1) is 11.7. The van der Waals surface area contributed by atoms with Crippen LogP contribution in [0, 0.1) is 5.41 Å². The van der Waals surface area contributed by atoms with E-state index < -0.39 is 0 Å².